The maximum Gasteiger partial charge on any atom is 0.287 e. The summed E-state index contributed by atoms with van der Waals surface area (Å²) in [6.45, 7) is 0.690. The normalized spacial score (nSPS) is 11.3. The monoisotopic (exact) mass is 309 g/mol. The molecule has 7 nitrogen and oxygen atoms in total. The van der Waals surface area contributed by atoms with E-state index in [9.17, 15) is 13.2 Å². The Morgan fingerprint density at radius 3 is 2.52 bits per heavy atom. The van der Waals surface area contributed by atoms with Gasteiger partial charge in [0.15, 0.2) is 5.76 Å². The molecule has 0 aliphatic heterocycles. The highest BCUT2D eigenvalue weighted by molar-refractivity contribution is 7.89. The fourth-order valence-electron chi connectivity index (χ4n) is 1.73. The third-order valence-corrected chi connectivity index (χ3v) is 3.55. The zero-order valence-electron chi connectivity index (χ0n) is 11.1. The summed E-state index contributed by atoms with van der Waals surface area (Å²) in [4.78, 5) is 11.8. The molecule has 0 spiro atoms. The second kappa shape index (κ2) is 6.08. The highest BCUT2D eigenvalue weighted by Gasteiger charge is 2.17. The lowest BCUT2D eigenvalue weighted by molar-refractivity contribution is 0.0918. The van der Waals surface area contributed by atoms with Gasteiger partial charge in [-0.25, -0.2) is 13.6 Å². The molecule has 0 saturated carbocycles. The predicted octanol–water partition coefficient (Wildman–Crippen LogP) is 0.316. The lowest BCUT2D eigenvalue weighted by atomic mass is 10.1. The van der Waals surface area contributed by atoms with Crippen molar-refractivity contribution in [2.45, 2.75) is 18.2 Å². The van der Waals surface area contributed by atoms with Crippen LogP contribution in [0.15, 0.2) is 45.9 Å². The van der Waals surface area contributed by atoms with Gasteiger partial charge in [-0.3, -0.25) is 4.79 Å². The lowest BCUT2D eigenvalue weighted by Crippen LogP contribution is -2.22. The third kappa shape index (κ3) is 3.91. The molecule has 2 aromatic rings. The number of amides is 1. The maximum atomic E-state index is 11.8. The van der Waals surface area contributed by atoms with Gasteiger partial charge >= 0.3 is 0 Å². The number of hydrogen-bond acceptors (Lipinski definition) is 5. The van der Waals surface area contributed by atoms with Crippen molar-refractivity contribution in [1.29, 1.82) is 0 Å². The molecule has 0 atom stereocenters. The number of carbonyl (C=O) groups is 1. The quantitative estimate of drug-likeness (QED) is 0.732. The molecule has 1 aromatic carbocycles. The molecule has 0 bridgehead atoms. The molecule has 1 heterocycles. The number of hydrogen-bond donors (Lipinski definition) is 3. The fourth-order valence-corrected chi connectivity index (χ4v) is 2.19. The van der Waals surface area contributed by atoms with Crippen LogP contribution in [0, 0.1) is 0 Å². The van der Waals surface area contributed by atoms with Crippen LogP contribution >= 0.6 is 0 Å². The average Bonchev–Trinajstić information content (AvgIpc) is 2.95. The fraction of sp³-hybridized carbons (Fsp3) is 0.154. The first kappa shape index (κ1) is 15.2. The van der Waals surface area contributed by atoms with E-state index in [1.54, 1.807) is 0 Å². The first-order valence-electron chi connectivity index (χ1n) is 6.09. The van der Waals surface area contributed by atoms with Crippen molar-refractivity contribution in [2.75, 3.05) is 0 Å². The van der Waals surface area contributed by atoms with Crippen molar-refractivity contribution in [2.24, 2.45) is 10.9 Å². The molecule has 0 radical (unpaired) electrons. The van der Waals surface area contributed by atoms with Crippen LogP contribution in [0.3, 0.4) is 0 Å². The first-order valence-corrected chi connectivity index (χ1v) is 7.63. The largest absolute Gasteiger partial charge is 0.438 e. The molecule has 5 N–H and O–H groups in total. The highest BCUT2D eigenvalue weighted by Crippen LogP contribution is 2.12. The van der Waals surface area contributed by atoms with E-state index in [-0.39, 0.29) is 12.3 Å². The van der Waals surface area contributed by atoms with E-state index in [1.165, 1.54) is 6.07 Å². The van der Waals surface area contributed by atoms with Gasteiger partial charge in [-0.05, 0) is 23.3 Å². The summed E-state index contributed by atoms with van der Waals surface area (Å²) < 4.78 is 27.0. The standard InChI is InChI=1S/C13H15N3O4S/c14-7-9-2-1-3-10(6-9)8-16-13(17)11-4-5-12(20-11)21(15,18)19/h1-6H,7-8,14H2,(H,16,17)(H2,15,18,19). The van der Waals surface area contributed by atoms with Gasteiger partial charge in [0, 0.05) is 13.1 Å². The zero-order valence-corrected chi connectivity index (χ0v) is 11.9. The van der Waals surface area contributed by atoms with Crippen LogP contribution in [0.5, 0.6) is 0 Å². The SMILES string of the molecule is NCc1cccc(CNC(=O)c2ccc(S(N)(=O)=O)o2)c1. The lowest BCUT2D eigenvalue weighted by Gasteiger charge is -2.05. The van der Waals surface area contributed by atoms with Crippen LogP contribution in [0.4, 0.5) is 0 Å². The molecule has 1 aromatic heterocycles. The van der Waals surface area contributed by atoms with Gasteiger partial charge < -0.3 is 15.5 Å². The summed E-state index contributed by atoms with van der Waals surface area (Å²) in [6, 6.07) is 9.84. The average molecular weight is 309 g/mol. The summed E-state index contributed by atoms with van der Waals surface area (Å²) >= 11 is 0. The van der Waals surface area contributed by atoms with Crippen LogP contribution in [0.2, 0.25) is 0 Å². The summed E-state index contributed by atoms with van der Waals surface area (Å²) in [7, 11) is -3.95. The summed E-state index contributed by atoms with van der Waals surface area (Å²) in [5.74, 6) is -0.642. The molecule has 0 saturated heterocycles. The number of nitrogens with two attached hydrogens (primary N) is 2. The molecule has 0 aliphatic carbocycles. The number of rotatable bonds is 5. The Kier molecular flexibility index (Phi) is 4.41. The maximum absolute atomic E-state index is 11.8. The van der Waals surface area contributed by atoms with Crippen molar-refractivity contribution in [3.63, 3.8) is 0 Å². The van der Waals surface area contributed by atoms with E-state index in [4.69, 9.17) is 15.3 Å². The second-order valence-electron chi connectivity index (χ2n) is 4.37. The molecule has 2 rings (SSSR count). The molecule has 21 heavy (non-hydrogen) atoms. The van der Waals surface area contributed by atoms with Crippen LogP contribution in [-0.4, -0.2) is 14.3 Å². The van der Waals surface area contributed by atoms with Crippen LogP contribution < -0.4 is 16.2 Å². The van der Waals surface area contributed by atoms with Crippen LogP contribution in [0.25, 0.3) is 0 Å². The second-order valence-corrected chi connectivity index (χ2v) is 5.86. The minimum atomic E-state index is -3.95. The van der Waals surface area contributed by atoms with E-state index in [0.29, 0.717) is 6.54 Å². The van der Waals surface area contributed by atoms with Crippen molar-refractivity contribution in [1.82, 2.24) is 5.32 Å². The van der Waals surface area contributed by atoms with Crippen molar-refractivity contribution in [3.05, 3.63) is 53.3 Å². The molecule has 0 fully saturated rings. The van der Waals surface area contributed by atoms with Gasteiger partial charge in [0.2, 0.25) is 5.09 Å². The van der Waals surface area contributed by atoms with Gasteiger partial charge in [-0.2, -0.15) is 0 Å². The molecule has 0 unspecified atom stereocenters. The van der Waals surface area contributed by atoms with Gasteiger partial charge in [0.05, 0.1) is 0 Å². The smallest absolute Gasteiger partial charge is 0.287 e. The number of benzene rings is 1. The topological polar surface area (TPSA) is 128 Å². The van der Waals surface area contributed by atoms with Crippen molar-refractivity contribution in [3.8, 4) is 0 Å². The Balaban J connectivity index is 2.03. The van der Waals surface area contributed by atoms with Gasteiger partial charge in [-0.1, -0.05) is 24.3 Å². The first-order chi connectivity index (χ1) is 9.90. The minimum absolute atomic E-state index is 0.117. The van der Waals surface area contributed by atoms with E-state index in [2.05, 4.69) is 5.32 Å². The van der Waals surface area contributed by atoms with Crippen LogP contribution in [-0.2, 0) is 23.1 Å². The van der Waals surface area contributed by atoms with Crippen LogP contribution in [0.1, 0.15) is 21.7 Å². The number of furan rings is 1. The van der Waals surface area contributed by atoms with Crippen molar-refractivity contribution < 1.29 is 17.6 Å². The van der Waals surface area contributed by atoms with Crippen molar-refractivity contribution >= 4 is 15.9 Å². The molecular formula is C13H15N3O4S. The van der Waals surface area contributed by atoms with Gasteiger partial charge in [0.25, 0.3) is 15.9 Å². The number of nitrogens with one attached hydrogen (secondary N) is 1. The third-order valence-electron chi connectivity index (χ3n) is 2.77. The Morgan fingerprint density at radius 1 is 1.19 bits per heavy atom. The molecule has 0 aliphatic rings. The van der Waals surface area contributed by atoms with Gasteiger partial charge in [-0.15, -0.1) is 0 Å². The number of carbonyl (C=O) groups excluding carboxylic acids is 1. The number of primary sulfonamides is 1. The molecule has 8 heteroatoms. The Labute approximate surface area is 122 Å². The van der Waals surface area contributed by atoms with Gasteiger partial charge in [0.1, 0.15) is 0 Å². The predicted molar refractivity (Wildman–Crippen MR) is 75.6 cm³/mol. The highest BCUT2D eigenvalue weighted by atomic mass is 32.2. The Morgan fingerprint density at radius 2 is 1.90 bits per heavy atom. The van der Waals surface area contributed by atoms with E-state index < -0.39 is 21.0 Å². The Bertz CT molecular complexity index is 752. The summed E-state index contributed by atoms with van der Waals surface area (Å²) in [5, 5.41) is 7.08. The van der Waals surface area contributed by atoms with E-state index in [0.717, 1.165) is 17.2 Å². The molecular weight excluding hydrogens is 294 g/mol. The molecule has 112 valence electrons. The van der Waals surface area contributed by atoms with E-state index >= 15 is 0 Å². The minimum Gasteiger partial charge on any atom is -0.438 e. The Hall–Kier alpha value is -2.16. The molecule has 1 amide bonds. The zero-order chi connectivity index (χ0) is 15.5. The number of sulfonamides is 1. The van der Waals surface area contributed by atoms with E-state index in [1.807, 2.05) is 24.3 Å². The summed E-state index contributed by atoms with van der Waals surface area (Å²) in [6.07, 6.45) is 0. The summed E-state index contributed by atoms with van der Waals surface area (Å²) in [5.41, 5.74) is 7.37.